The standard InChI is InChI=1S/C26H21FN4O2S/c27-21-11-7-19(8-12-21)17-34-26-30-23-4-1-13-28-24(23)31(26)16-18-5-9-20(10-6-18)25(32)29-15-22-3-2-14-33-22/h1-14H,15-17H2,(H,29,32). The van der Waals surface area contributed by atoms with Crippen molar-refractivity contribution in [3.05, 3.63) is 114 Å². The molecule has 0 aliphatic heterocycles. The highest BCUT2D eigenvalue weighted by atomic mass is 32.2. The van der Waals surface area contributed by atoms with E-state index in [2.05, 4.69) is 14.9 Å². The van der Waals surface area contributed by atoms with E-state index in [-0.39, 0.29) is 11.7 Å². The number of nitrogens with zero attached hydrogens (tertiary/aromatic N) is 3. The number of furan rings is 1. The van der Waals surface area contributed by atoms with Crippen LogP contribution in [-0.4, -0.2) is 20.4 Å². The summed E-state index contributed by atoms with van der Waals surface area (Å²) in [6.07, 6.45) is 3.33. The lowest BCUT2D eigenvalue weighted by Gasteiger charge is -2.10. The summed E-state index contributed by atoms with van der Waals surface area (Å²) in [6, 6.07) is 21.4. The Labute approximate surface area is 199 Å². The van der Waals surface area contributed by atoms with Crippen molar-refractivity contribution in [3.63, 3.8) is 0 Å². The van der Waals surface area contributed by atoms with E-state index in [0.29, 0.717) is 30.2 Å². The molecule has 3 aromatic heterocycles. The quantitative estimate of drug-likeness (QED) is 0.305. The van der Waals surface area contributed by atoms with Crippen molar-refractivity contribution in [2.75, 3.05) is 0 Å². The van der Waals surface area contributed by atoms with Gasteiger partial charge in [0.25, 0.3) is 5.91 Å². The smallest absolute Gasteiger partial charge is 0.251 e. The monoisotopic (exact) mass is 472 g/mol. The minimum atomic E-state index is -0.247. The van der Waals surface area contributed by atoms with Crippen LogP contribution in [0.4, 0.5) is 4.39 Å². The van der Waals surface area contributed by atoms with Gasteiger partial charge in [-0.3, -0.25) is 9.36 Å². The minimum absolute atomic E-state index is 0.159. The number of thioether (sulfide) groups is 1. The van der Waals surface area contributed by atoms with E-state index in [1.807, 2.05) is 42.5 Å². The zero-order valence-corrected chi connectivity index (χ0v) is 19.0. The fourth-order valence-electron chi connectivity index (χ4n) is 3.55. The Bertz CT molecular complexity index is 1400. The summed E-state index contributed by atoms with van der Waals surface area (Å²) in [4.78, 5) is 21.7. The lowest BCUT2D eigenvalue weighted by atomic mass is 10.1. The van der Waals surface area contributed by atoms with Crippen LogP contribution < -0.4 is 5.32 Å². The third-order valence-electron chi connectivity index (χ3n) is 5.31. The SMILES string of the molecule is O=C(NCc1ccco1)c1ccc(Cn2c(SCc3ccc(F)cc3)nc3cccnc32)cc1. The lowest BCUT2D eigenvalue weighted by Crippen LogP contribution is -2.22. The number of aromatic nitrogens is 3. The topological polar surface area (TPSA) is 73.0 Å². The van der Waals surface area contributed by atoms with Crippen LogP contribution in [0.1, 0.15) is 27.2 Å². The highest BCUT2D eigenvalue weighted by molar-refractivity contribution is 7.98. The van der Waals surface area contributed by atoms with Crippen LogP contribution in [0.15, 0.2) is 94.8 Å². The number of carbonyl (C=O) groups excluding carboxylic acids is 1. The second-order valence-electron chi connectivity index (χ2n) is 7.70. The Morgan fingerprint density at radius 1 is 1.00 bits per heavy atom. The maximum absolute atomic E-state index is 13.2. The largest absolute Gasteiger partial charge is 0.467 e. The molecule has 8 heteroatoms. The van der Waals surface area contributed by atoms with Gasteiger partial charge in [0.05, 0.1) is 19.4 Å². The lowest BCUT2D eigenvalue weighted by molar-refractivity contribution is 0.0948. The number of hydrogen-bond donors (Lipinski definition) is 1. The highest BCUT2D eigenvalue weighted by Crippen LogP contribution is 2.27. The molecule has 0 radical (unpaired) electrons. The van der Waals surface area contributed by atoms with Gasteiger partial charge in [-0.25, -0.2) is 14.4 Å². The van der Waals surface area contributed by atoms with E-state index in [1.165, 1.54) is 12.1 Å². The van der Waals surface area contributed by atoms with E-state index in [9.17, 15) is 9.18 Å². The summed E-state index contributed by atoms with van der Waals surface area (Å²) in [6.45, 7) is 0.905. The molecule has 0 atom stereocenters. The minimum Gasteiger partial charge on any atom is -0.467 e. The number of nitrogens with one attached hydrogen (secondary N) is 1. The van der Waals surface area contributed by atoms with Crippen LogP contribution in [0.3, 0.4) is 0 Å². The zero-order chi connectivity index (χ0) is 23.3. The molecule has 0 bridgehead atoms. The number of rotatable bonds is 8. The van der Waals surface area contributed by atoms with Crippen molar-refractivity contribution >= 4 is 28.8 Å². The van der Waals surface area contributed by atoms with Crippen LogP contribution in [0.25, 0.3) is 11.2 Å². The molecule has 2 aromatic carbocycles. The van der Waals surface area contributed by atoms with Crippen LogP contribution >= 0.6 is 11.8 Å². The van der Waals surface area contributed by atoms with Crippen molar-refractivity contribution in [2.45, 2.75) is 24.0 Å². The number of fused-ring (bicyclic) bond motifs is 1. The van der Waals surface area contributed by atoms with Gasteiger partial charge in [0.15, 0.2) is 10.8 Å². The number of carbonyl (C=O) groups is 1. The molecule has 0 saturated carbocycles. The van der Waals surface area contributed by atoms with Gasteiger partial charge in [0.2, 0.25) is 0 Å². The van der Waals surface area contributed by atoms with Crippen molar-refractivity contribution in [1.29, 1.82) is 0 Å². The number of pyridine rings is 1. The van der Waals surface area contributed by atoms with Crippen molar-refractivity contribution < 1.29 is 13.6 Å². The van der Waals surface area contributed by atoms with E-state index < -0.39 is 0 Å². The van der Waals surface area contributed by atoms with Crippen molar-refractivity contribution in [1.82, 2.24) is 19.9 Å². The first kappa shape index (κ1) is 21.9. The summed E-state index contributed by atoms with van der Waals surface area (Å²) < 4.78 is 20.5. The van der Waals surface area contributed by atoms with E-state index in [1.54, 1.807) is 42.4 Å². The third kappa shape index (κ3) is 5.02. The second-order valence-corrected chi connectivity index (χ2v) is 8.64. The number of hydrogen-bond acceptors (Lipinski definition) is 5. The summed E-state index contributed by atoms with van der Waals surface area (Å²) >= 11 is 1.58. The normalized spacial score (nSPS) is 11.1. The molecule has 0 unspecified atom stereocenters. The average Bonchev–Trinajstić information content (AvgIpc) is 3.51. The maximum Gasteiger partial charge on any atom is 0.251 e. The fraction of sp³-hybridized carbons (Fsp3) is 0.115. The average molecular weight is 473 g/mol. The molecule has 0 fully saturated rings. The summed E-state index contributed by atoms with van der Waals surface area (Å²) in [5, 5.41) is 3.68. The van der Waals surface area contributed by atoms with Gasteiger partial charge in [-0.1, -0.05) is 36.0 Å². The first-order chi connectivity index (χ1) is 16.7. The zero-order valence-electron chi connectivity index (χ0n) is 18.1. The van der Waals surface area contributed by atoms with Gasteiger partial charge in [0, 0.05) is 17.5 Å². The molecule has 1 N–H and O–H groups in total. The molecule has 0 spiro atoms. The van der Waals surface area contributed by atoms with E-state index in [0.717, 1.165) is 27.4 Å². The molecule has 0 saturated heterocycles. The Balaban J connectivity index is 1.31. The first-order valence-corrected chi connectivity index (χ1v) is 11.7. The summed E-state index contributed by atoms with van der Waals surface area (Å²) in [7, 11) is 0. The Morgan fingerprint density at radius 2 is 1.79 bits per heavy atom. The third-order valence-corrected chi connectivity index (χ3v) is 6.36. The summed E-state index contributed by atoms with van der Waals surface area (Å²) in [5.74, 6) is 0.963. The fourth-order valence-corrected chi connectivity index (χ4v) is 4.50. The Hall–Kier alpha value is -3.91. The van der Waals surface area contributed by atoms with Crippen molar-refractivity contribution in [2.24, 2.45) is 0 Å². The van der Waals surface area contributed by atoms with Gasteiger partial charge < -0.3 is 9.73 Å². The highest BCUT2D eigenvalue weighted by Gasteiger charge is 2.14. The molecule has 6 nitrogen and oxygen atoms in total. The summed E-state index contributed by atoms with van der Waals surface area (Å²) in [5.41, 5.74) is 4.23. The Kier molecular flexibility index (Phi) is 6.40. The molecule has 34 heavy (non-hydrogen) atoms. The van der Waals surface area contributed by atoms with Gasteiger partial charge in [-0.15, -0.1) is 0 Å². The molecule has 0 aliphatic rings. The number of imidazole rings is 1. The van der Waals surface area contributed by atoms with Crippen LogP contribution in [-0.2, 0) is 18.8 Å². The maximum atomic E-state index is 13.2. The molecule has 1 amide bonds. The van der Waals surface area contributed by atoms with E-state index >= 15 is 0 Å². The second kappa shape index (κ2) is 9.93. The number of halogens is 1. The number of benzene rings is 2. The molecular formula is C26H21FN4O2S. The van der Waals surface area contributed by atoms with Crippen LogP contribution in [0.5, 0.6) is 0 Å². The van der Waals surface area contributed by atoms with Gasteiger partial charge >= 0.3 is 0 Å². The molecule has 170 valence electrons. The van der Waals surface area contributed by atoms with Crippen LogP contribution in [0.2, 0.25) is 0 Å². The molecule has 0 aliphatic carbocycles. The van der Waals surface area contributed by atoms with Gasteiger partial charge in [-0.2, -0.15) is 0 Å². The van der Waals surface area contributed by atoms with Crippen molar-refractivity contribution in [3.8, 4) is 0 Å². The predicted octanol–water partition coefficient (Wildman–Crippen LogP) is 5.43. The predicted molar refractivity (Wildman–Crippen MR) is 129 cm³/mol. The molecule has 5 rings (SSSR count). The molecule has 5 aromatic rings. The first-order valence-electron chi connectivity index (χ1n) is 10.7. The molecule has 3 heterocycles. The van der Waals surface area contributed by atoms with Crippen LogP contribution in [0, 0.1) is 5.82 Å². The van der Waals surface area contributed by atoms with Gasteiger partial charge in [0.1, 0.15) is 17.1 Å². The molecular weight excluding hydrogens is 451 g/mol. The Morgan fingerprint density at radius 3 is 2.56 bits per heavy atom. The number of amides is 1. The van der Waals surface area contributed by atoms with Gasteiger partial charge in [-0.05, 0) is 59.7 Å². The van der Waals surface area contributed by atoms with E-state index in [4.69, 9.17) is 9.40 Å².